The van der Waals surface area contributed by atoms with Gasteiger partial charge in [0.25, 0.3) is 0 Å². The van der Waals surface area contributed by atoms with E-state index in [1.807, 2.05) is 21.1 Å². The Morgan fingerprint density at radius 2 is 1.02 bits per heavy atom. The predicted molar refractivity (Wildman–Crippen MR) is 233 cm³/mol. The second-order valence-corrected chi connectivity index (χ2v) is 17.1. The summed E-state index contributed by atoms with van der Waals surface area (Å²) in [5.74, 6) is -0.831. The van der Waals surface area contributed by atoms with Crippen molar-refractivity contribution in [1.29, 1.82) is 0 Å². The van der Waals surface area contributed by atoms with Crippen LogP contribution in [0, 0.1) is 0 Å². The summed E-state index contributed by atoms with van der Waals surface area (Å²) in [6.07, 6.45) is 45.5. The number of hydrogen-bond donors (Lipinski definition) is 1. The molecule has 324 valence electrons. The van der Waals surface area contributed by atoms with E-state index in [0.717, 1.165) is 89.9 Å². The minimum atomic E-state index is -4.38. The van der Waals surface area contributed by atoms with Crippen molar-refractivity contribution in [3.05, 3.63) is 60.8 Å². The van der Waals surface area contributed by atoms with Crippen LogP contribution in [-0.2, 0) is 32.7 Å². The molecule has 56 heavy (non-hydrogen) atoms. The monoisotopic (exact) mass is 809 g/mol. The number of esters is 2. The molecule has 0 rings (SSSR count). The third kappa shape index (κ3) is 41.3. The Balaban J connectivity index is 4.40. The number of nitrogens with zero attached hydrogens (tertiary/aromatic N) is 1. The van der Waals surface area contributed by atoms with Crippen LogP contribution >= 0.6 is 7.82 Å². The lowest BCUT2D eigenvalue weighted by atomic mass is 10.1. The number of hydrogen-bond acceptors (Lipinski definition) is 7. The number of phosphoric acid groups is 1. The molecule has 0 aliphatic carbocycles. The normalized spacial score (nSPS) is 14.2. The molecule has 0 heterocycles. The fraction of sp³-hybridized carbons (Fsp3) is 0.739. The highest BCUT2D eigenvalue weighted by Crippen LogP contribution is 2.43. The van der Waals surface area contributed by atoms with E-state index in [9.17, 15) is 19.0 Å². The molecule has 10 heteroatoms. The Hall–Kier alpha value is -2.29. The smallest absolute Gasteiger partial charge is 0.462 e. The van der Waals surface area contributed by atoms with Crippen LogP contribution in [0.15, 0.2) is 60.8 Å². The minimum Gasteiger partial charge on any atom is -0.462 e. The van der Waals surface area contributed by atoms with Crippen LogP contribution in [-0.4, -0.2) is 74.9 Å². The average molecular weight is 809 g/mol. The predicted octanol–water partition coefficient (Wildman–Crippen LogP) is 12.5. The van der Waals surface area contributed by atoms with Gasteiger partial charge in [0.15, 0.2) is 6.10 Å². The molecule has 9 nitrogen and oxygen atoms in total. The molecule has 2 atom stereocenters. The molecule has 0 bridgehead atoms. The number of carbonyl (C=O) groups excluding carboxylic acids is 2. The first-order chi connectivity index (χ1) is 27.0. The van der Waals surface area contributed by atoms with Gasteiger partial charge in [-0.3, -0.25) is 18.6 Å². The molecule has 0 radical (unpaired) electrons. The second-order valence-electron chi connectivity index (χ2n) is 15.7. The fourth-order valence-electron chi connectivity index (χ4n) is 5.59. The zero-order valence-corrected chi connectivity index (χ0v) is 37.2. The van der Waals surface area contributed by atoms with Crippen molar-refractivity contribution in [2.45, 2.75) is 174 Å². The number of quaternary nitrogens is 1. The van der Waals surface area contributed by atoms with Crippen molar-refractivity contribution < 1.29 is 42.1 Å². The summed E-state index contributed by atoms with van der Waals surface area (Å²) in [6, 6.07) is 0. The summed E-state index contributed by atoms with van der Waals surface area (Å²) in [5, 5.41) is 0. The molecule has 0 aliphatic heterocycles. The van der Waals surface area contributed by atoms with Crippen molar-refractivity contribution in [2.24, 2.45) is 0 Å². The van der Waals surface area contributed by atoms with Gasteiger partial charge in [-0.15, -0.1) is 0 Å². The molecule has 1 N–H and O–H groups in total. The standard InChI is InChI=1S/C46H82NO8P/c1-6-8-10-12-14-16-18-20-22-23-25-26-28-30-32-34-36-38-45(48)52-42-44(43-54-56(50,51)53-41-40-47(3,4)5)55-46(49)39-37-35-33-31-29-27-24-21-19-17-15-13-11-9-7-2/h9,11,14-17,20-22,24,44H,6-8,10,12-13,18-19,23,25-43H2,1-5H3/p+1/b11-9-,16-14-,17-15-,22-20-,24-21-/t44-/m1/s1. The van der Waals surface area contributed by atoms with Gasteiger partial charge in [-0.1, -0.05) is 139 Å². The van der Waals surface area contributed by atoms with Crippen LogP contribution in [0.5, 0.6) is 0 Å². The van der Waals surface area contributed by atoms with Crippen LogP contribution < -0.4 is 0 Å². The Labute approximate surface area is 343 Å². The molecule has 1 unspecified atom stereocenters. The molecule has 0 spiro atoms. The Kier molecular flexibility index (Phi) is 36.7. The van der Waals surface area contributed by atoms with Crippen LogP contribution in [0.25, 0.3) is 0 Å². The van der Waals surface area contributed by atoms with E-state index in [2.05, 4.69) is 74.6 Å². The van der Waals surface area contributed by atoms with E-state index in [-0.39, 0.29) is 32.0 Å². The number of likely N-dealkylation sites (N-methyl/N-ethyl adjacent to an activating group) is 1. The summed E-state index contributed by atoms with van der Waals surface area (Å²) in [5.41, 5.74) is 0. The summed E-state index contributed by atoms with van der Waals surface area (Å²) >= 11 is 0. The van der Waals surface area contributed by atoms with E-state index in [4.69, 9.17) is 18.5 Å². The van der Waals surface area contributed by atoms with E-state index in [1.165, 1.54) is 44.9 Å². The average Bonchev–Trinajstić information content (AvgIpc) is 3.15. The zero-order valence-electron chi connectivity index (χ0n) is 36.3. The zero-order chi connectivity index (χ0) is 41.4. The maximum Gasteiger partial charge on any atom is 0.472 e. The molecule has 0 aromatic rings. The summed E-state index contributed by atoms with van der Waals surface area (Å²) in [4.78, 5) is 35.4. The maximum atomic E-state index is 12.7. The van der Waals surface area contributed by atoms with E-state index >= 15 is 0 Å². The van der Waals surface area contributed by atoms with Crippen LogP contribution in [0.2, 0.25) is 0 Å². The SMILES string of the molecule is CC/C=C\C/C=C\C/C=C\CCCCCCCC(=O)O[C@H](COC(=O)CCCCCCCCC/C=C\C/C=C\CCCCC)COP(=O)(O)OCC[N+](C)(C)C. The number of carbonyl (C=O) groups is 2. The van der Waals surface area contributed by atoms with E-state index in [1.54, 1.807) is 0 Å². The first kappa shape index (κ1) is 53.7. The van der Waals surface area contributed by atoms with Gasteiger partial charge in [-0.05, 0) is 77.0 Å². The van der Waals surface area contributed by atoms with Gasteiger partial charge >= 0.3 is 19.8 Å². The van der Waals surface area contributed by atoms with Crippen molar-refractivity contribution in [3.8, 4) is 0 Å². The molecular formula is C46H83NO8P+. The lowest BCUT2D eigenvalue weighted by molar-refractivity contribution is -0.870. The van der Waals surface area contributed by atoms with Gasteiger partial charge in [0, 0.05) is 12.8 Å². The lowest BCUT2D eigenvalue weighted by Crippen LogP contribution is -2.37. The summed E-state index contributed by atoms with van der Waals surface area (Å²) in [7, 11) is 1.45. The largest absolute Gasteiger partial charge is 0.472 e. The first-order valence-electron chi connectivity index (χ1n) is 22.0. The number of ether oxygens (including phenoxy) is 2. The maximum absolute atomic E-state index is 12.7. The van der Waals surface area contributed by atoms with Gasteiger partial charge in [0.05, 0.1) is 27.7 Å². The number of allylic oxidation sites excluding steroid dienone is 10. The molecule has 0 aliphatic rings. The summed E-state index contributed by atoms with van der Waals surface area (Å²) in [6.45, 7) is 4.24. The minimum absolute atomic E-state index is 0.0241. The van der Waals surface area contributed by atoms with Gasteiger partial charge in [-0.2, -0.15) is 0 Å². The third-order valence-electron chi connectivity index (χ3n) is 9.03. The van der Waals surface area contributed by atoms with Crippen LogP contribution in [0.4, 0.5) is 0 Å². The number of rotatable bonds is 39. The quantitative estimate of drug-likeness (QED) is 0.0215. The Bertz CT molecular complexity index is 1140. The van der Waals surface area contributed by atoms with Crippen molar-refractivity contribution in [3.63, 3.8) is 0 Å². The van der Waals surface area contributed by atoms with Crippen molar-refractivity contribution in [2.75, 3.05) is 47.5 Å². The van der Waals surface area contributed by atoms with E-state index < -0.39 is 26.5 Å². The molecular weight excluding hydrogens is 725 g/mol. The number of phosphoric ester groups is 1. The number of unbranched alkanes of at least 4 members (excludes halogenated alkanes) is 15. The van der Waals surface area contributed by atoms with Crippen molar-refractivity contribution in [1.82, 2.24) is 0 Å². The molecule has 0 aromatic heterocycles. The second kappa shape index (κ2) is 38.2. The van der Waals surface area contributed by atoms with Gasteiger partial charge in [0.2, 0.25) is 0 Å². The highest BCUT2D eigenvalue weighted by Gasteiger charge is 2.27. The third-order valence-corrected chi connectivity index (χ3v) is 10.0. The van der Waals surface area contributed by atoms with Crippen LogP contribution in [0.3, 0.4) is 0 Å². The first-order valence-corrected chi connectivity index (χ1v) is 23.5. The highest BCUT2D eigenvalue weighted by molar-refractivity contribution is 7.47. The lowest BCUT2D eigenvalue weighted by Gasteiger charge is -2.24. The van der Waals surface area contributed by atoms with Gasteiger partial charge < -0.3 is 18.9 Å². The van der Waals surface area contributed by atoms with Gasteiger partial charge in [-0.25, -0.2) is 4.57 Å². The Morgan fingerprint density at radius 3 is 1.52 bits per heavy atom. The van der Waals surface area contributed by atoms with Crippen LogP contribution in [0.1, 0.15) is 168 Å². The Morgan fingerprint density at radius 1 is 0.571 bits per heavy atom. The topological polar surface area (TPSA) is 108 Å². The highest BCUT2D eigenvalue weighted by atomic mass is 31.2. The summed E-state index contributed by atoms with van der Waals surface area (Å²) < 4.78 is 34.3. The molecule has 0 saturated carbocycles. The molecule has 0 fully saturated rings. The fourth-order valence-corrected chi connectivity index (χ4v) is 6.33. The van der Waals surface area contributed by atoms with Crippen molar-refractivity contribution >= 4 is 19.8 Å². The van der Waals surface area contributed by atoms with Gasteiger partial charge in [0.1, 0.15) is 19.8 Å². The molecule has 0 amide bonds. The van der Waals surface area contributed by atoms with E-state index in [0.29, 0.717) is 17.4 Å². The molecule has 0 aromatic carbocycles. The molecule has 0 saturated heterocycles.